The Hall–Kier alpha value is -2.74. The molecule has 2 aromatic rings. The molecule has 0 bridgehead atoms. The number of hydrogen-bond donors (Lipinski definition) is 1. The van der Waals surface area contributed by atoms with Crippen molar-refractivity contribution in [2.24, 2.45) is 5.92 Å². The summed E-state index contributed by atoms with van der Waals surface area (Å²) in [6, 6.07) is 8.27. The summed E-state index contributed by atoms with van der Waals surface area (Å²) >= 11 is 0. The summed E-state index contributed by atoms with van der Waals surface area (Å²) in [5, 5.41) is 11.4. The Labute approximate surface area is 182 Å². The van der Waals surface area contributed by atoms with E-state index in [9.17, 15) is 9.59 Å². The Morgan fingerprint density at radius 2 is 1.94 bits per heavy atom. The zero-order valence-corrected chi connectivity index (χ0v) is 18.3. The number of carbonyl (C=O) groups excluding carboxylic acids is 2. The lowest BCUT2D eigenvalue weighted by molar-refractivity contribution is -0.126. The van der Waals surface area contributed by atoms with Gasteiger partial charge in [0.05, 0.1) is 18.8 Å². The van der Waals surface area contributed by atoms with Crippen molar-refractivity contribution < 1.29 is 14.3 Å². The van der Waals surface area contributed by atoms with Gasteiger partial charge >= 0.3 is 0 Å². The number of rotatable bonds is 6. The third-order valence-corrected chi connectivity index (χ3v) is 6.23. The molecule has 4 rings (SSSR count). The summed E-state index contributed by atoms with van der Waals surface area (Å²) in [6.45, 7) is 6.86. The summed E-state index contributed by atoms with van der Waals surface area (Å²) in [7, 11) is 0. The van der Waals surface area contributed by atoms with Crippen LogP contribution in [0.1, 0.15) is 66.0 Å². The maximum Gasteiger partial charge on any atom is 0.276 e. The first-order valence-corrected chi connectivity index (χ1v) is 11.2. The minimum Gasteiger partial charge on any atom is -0.365 e. The van der Waals surface area contributed by atoms with Crippen LogP contribution in [-0.4, -0.2) is 51.3 Å². The zero-order valence-electron chi connectivity index (χ0n) is 18.3. The fraction of sp³-hybridized carbons (Fsp3) is 0.565. The number of likely N-dealkylation sites (tertiary alicyclic amines) is 1. The lowest BCUT2D eigenvalue weighted by Crippen LogP contribution is -2.43. The van der Waals surface area contributed by atoms with E-state index < -0.39 is 0 Å². The largest absolute Gasteiger partial charge is 0.365 e. The van der Waals surface area contributed by atoms with Crippen LogP contribution < -0.4 is 5.32 Å². The van der Waals surface area contributed by atoms with Gasteiger partial charge in [-0.05, 0) is 31.7 Å². The predicted molar refractivity (Wildman–Crippen MR) is 115 cm³/mol. The molecule has 0 radical (unpaired) electrons. The first kappa shape index (κ1) is 21.5. The second kappa shape index (κ2) is 9.60. The number of hydrogen-bond acceptors (Lipinski definition) is 5. The maximum absolute atomic E-state index is 13.1. The minimum atomic E-state index is -0.122. The summed E-state index contributed by atoms with van der Waals surface area (Å²) in [4.78, 5) is 27.1. The molecule has 1 atom stereocenters. The number of aromatic nitrogens is 3. The SMILES string of the molecule is CCCCNC(=O)C1CCN(C(=O)c2nnn3c2CO[C@@H](c2ccc(C)cc2)C3)CC1. The molecule has 1 N–H and O–H groups in total. The molecule has 31 heavy (non-hydrogen) atoms. The summed E-state index contributed by atoms with van der Waals surface area (Å²) < 4.78 is 7.82. The van der Waals surface area contributed by atoms with Gasteiger partial charge in [-0.25, -0.2) is 4.68 Å². The van der Waals surface area contributed by atoms with Crippen LogP contribution in [0.3, 0.4) is 0 Å². The van der Waals surface area contributed by atoms with Crippen LogP contribution in [0.2, 0.25) is 0 Å². The van der Waals surface area contributed by atoms with Gasteiger partial charge in [-0.2, -0.15) is 0 Å². The van der Waals surface area contributed by atoms with E-state index >= 15 is 0 Å². The molecule has 1 aromatic carbocycles. The average Bonchev–Trinajstić information content (AvgIpc) is 3.22. The van der Waals surface area contributed by atoms with E-state index in [1.165, 1.54) is 5.56 Å². The highest BCUT2D eigenvalue weighted by atomic mass is 16.5. The first-order valence-electron chi connectivity index (χ1n) is 11.2. The van der Waals surface area contributed by atoms with Crippen molar-refractivity contribution in [3.05, 3.63) is 46.8 Å². The summed E-state index contributed by atoms with van der Waals surface area (Å²) in [5.41, 5.74) is 3.40. The number of benzene rings is 1. The Morgan fingerprint density at radius 3 is 2.65 bits per heavy atom. The first-order chi connectivity index (χ1) is 15.1. The van der Waals surface area contributed by atoms with Crippen molar-refractivity contribution in [3.8, 4) is 0 Å². The summed E-state index contributed by atoms with van der Waals surface area (Å²) in [5.74, 6) is -0.0332. The highest BCUT2D eigenvalue weighted by molar-refractivity contribution is 5.93. The lowest BCUT2D eigenvalue weighted by Gasteiger charge is -2.31. The highest BCUT2D eigenvalue weighted by Gasteiger charge is 2.33. The normalized spacial score (nSPS) is 19.2. The number of aryl methyl sites for hydroxylation is 1. The van der Waals surface area contributed by atoms with Crippen molar-refractivity contribution in [2.45, 2.75) is 58.8 Å². The minimum absolute atomic E-state index is 0.0199. The molecule has 3 heterocycles. The van der Waals surface area contributed by atoms with E-state index in [2.05, 4.69) is 53.7 Å². The molecule has 8 nitrogen and oxygen atoms in total. The van der Waals surface area contributed by atoms with Gasteiger partial charge in [0.1, 0.15) is 6.10 Å². The lowest BCUT2D eigenvalue weighted by atomic mass is 9.95. The Bertz CT molecular complexity index is 916. The quantitative estimate of drug-likeness (QED) is 0.719. The van der Waals surface area contributed by atoms with Gasteiger partial charge in [0.25, 0.3) is 5.91 Å². The molecule has 0 aliphatic carbocycles. The molecule has 0 spiro atoms. The van der Waals surface area contributed by atoms with E-state index in [0.29, 0.717) is 44.8 Å². The molecule has 166 valence electrons. The van der Waals surface area contributed by atoms with Gasteiger partial charge in [0.15, 0.2) is 5.69 Å². The maximum atomic E-state index is 13.1. The topological polar surface area (TPSA) is 89.4 Å². The molecule has 0 unspecified atom stereocenters. The van der Waals surface area contributed by atoms with Crippen molar-refractivity contribution in [2.75, 3.05) is 19.6 Å². The smallest absolute Gasteiger partial charge is 0.276 e. The standard InChI is InChI=1S/C23H31N5O3/c1-3-4-11-24-22(29)18-9-12-27(13-10-18)23(30)21-19-15-31-20(14-28(19)26-25-21)17-7-5-16(2)6-8-17/h5-8,18,20H,3-4,9-15H2,1-2H3,(H,24,29)/t20-/m1/s1. The number of nitrogens with zero attached hydrogens (tertiary/aromatic N) is 4. The average molecular weight is 426 g/mol. The fourth-order valence-corrected chi connectivity index (χ4v) is 4.19. The second-order valence-corrected chi connectivity index (χ2v) is 8.49. The van der Waals surface area contributed by atoms with Crippen LogP contribution in [0.4, 0.5) is 0 Å². The van der Waals surface area contributed by atoms with Crippen LogP contribution in [0.25, 0.3) is 0 Å². The molecule has 2 aliphatic heterocycles. The molecular formula is C23H31N5O3. The van der Waals surface area contributed by atoms with Crippen LogP contribution in [0.15, 0.2) is 24.3 Å². The summed E-state index contributed by atoms with van der Waals surface area (Å²) in [6.07, 6.45) is 3.32. The van der Waals surface area contributed by atoms with E-state index in [-0.39, 0.29) is 23.8 Å². The number of fused-ring (bicyclic) bond motifs is 1. The number of ether oxygens (including phenoxy) is 1. The fourth-order valence-electron chi connectivity index (χ4n) is 4.19. The van der Waals surface area contributed by atoms with Gasteiger partial charge in [0.2, 0.25) is 5.91 Å². The van der Waals surface area contributed by atoms with Crippen LogP contribution in [-0.2, 0) is 22.7 Å². The van der Waals surface area contributed by atoms with Gasteiger partial charge in [-0.15, -0.1) is 5.10 Å². The third-order valence-electron chi connectivity index (χ3n) is 6.23. The number of unbranched alkanes of at least 4 members (excludes halogenated alkanes) is 1. The molecular weight excluding hydrogens is 394 g/mol. The van der Waals surface area contributed by atoms with Crippen LogP contribution >= 0.6 is 0 Å². The van der Waals surface area contributed by atoms with Crippen molar-refractivity contribution in [1.29, 1.82) is 0 Å². The van der Waals surface area contributed by atoms with Gasteiger partial charge < -0.3 is 15.0 Å². The van der Waals surface area contributed by atoms with E-state index in [0.717, 1.165) is 30.6 Å². The van der Waals surface area contributed by atoms with Gasteiger partial charge in [-0.1, -0.05) is 48.4 Å². The number of piperidine rings is 1. The van der Waals surface area contributed by atoms with Crippen LogP contribution in [0.5, 0.6) is 0 Å². The molecule has 2 aliphatic rings. The van der Waals surface area contributed by atoms with Crippen LogP contribution in [0, 0.1) is 12.8 Å². The molecule has 0 saturated carbocycles. The Morgan fingerprint density at radius 1 is 1.19 bits per heavy atom. The van der Waals surface area contributed by atoms with E-state index in [4.69, 9.17) is 4.74 Å². The molecule has 2 amide bonds. The molecule has 1 saturated heterocycles. The van der Waals surface area contributed by atoms with Gasteiger partial charge in [-0.3, -0.25) is 9.59 Å². The highest BCUT2D eigenvalue weighted by Crippen LogP contribution is 2.28. The monoisotopic (exact) mass is 425 g/mol. The third kappa shape index (κ3) is 4.79. The Balaban J connectivity index is 1.35. The zero-order chi connectivity index (χ0) is 21.8. The molecule has 1 aromatic heterocycles. The van der Waals surface area contributed by atoms with Crippen molar-refractivity contribution in [1.82, 2.24) is 25.2 Å². The van der Waals surface area contributed by atoms with E-state index in [1.54, 1.807) is 9.58 Å². The second-order valence-electron chi connectivity index (χ2n) is 8.49. The predicted octanol–water partition coefficient (Wildman–Crippen LogP) is 2.63. The van der Waals surface area contributed by atoms with E-state index in [1.807, 2.05) is 0 Å². The van der Waals surface area contributed by atoms with Crippen molar-refractivity contribution in [3.63, 3.8) is 0 Å². The molecule has 1 fully saturated rings. The number of nitrogens with one attached hydrogen (secondary N) is 1. The number of carbonyl (C=O) groups is 2. The van der Waals surface area contributed by atoms with Crippen molar-refractivity contribution >= 4 is 11.8 Å². The van der Waals surface area contributed by atoms with Gasteiger partial charge in [0, 0.05) is 25.6 Å². The molecule has 8 heteroatoms. The Kier molecular flexibility index (Phi) is 6.65. The number of amides is 2.